The lowest BCUT2D eigenvalue weighted by Crippen LogP contribution is -2.19. The highest BCUT2D eigenvalue weighted by Gasteiger charge is 2.15. The lowest BCUT2D eigenvalue weighted by Gasteiger charge is -2.03. The molecule has 0 radical (unpaired) electrons. The zero-order chi connectivity index (χ0) is 14.9. The van der Waals surface area contributed by atoms with E-state index in [9.17, 15) is 4.79 Å². The van der Waals surface area contributed by atoms with Crippen molar-refractivity contribution in [1.82, 2.24) is 5.32 Å². The Morgan fingerprint density at radius 3 is 2.86 bits per heavy atom. The van der Waals surface area contributed by atoms with E-state index in [1.165, 1.54) is 11.8 Å². The minimum absolute atomic E-state index is 0.0265. The van der Waals surface area contributed by atoms with Crippen molar-refractivity contribution in [2.75, 3.05) is 12.4 Å². The molecular formula is C15H19N3O2S. The van der Waals surface area contributed by atoms with Crippen LogP contribution in [0.2, 0.25) is 0 Å². The van der Waals surface area contributed by atoms with Crippen molar-refractivity contribution in [3.8, 4) is 0 Å². The SMILES string of the molecule is CCCCOCc1ccc(C=NN=C2NC(=O)CS2)cc1. The molecule has 1 aromatic rings. The lowest BCUT2D eigenvalue weighted by atomic mass is 10.1. The van der Waals surface area contributed by atoms with Gasteiger partial charge in [0.2, 0.25) is 5.91 Å². The van der Waals surface area contributed by atoms with Gasteiger partial charge in [-0.1, -0.05) is 49.4 Å². The van der Waals surface area contributed by atoms with Gasteiger partial charge < -0.3 is 10.1 Å². The predicted octanol–water partition coefficient (Wildman–Crippen LogP) is 2.56. The van der Waals surface area contributed by atoms with Crippen LogP contribution in [-0.2, 0) is 16.1 Å². The van der Waals surface area contributed by atoms with E-state index in [0.717, 1.165) is 30.6 Å². The second kappa shape index (κ2) is 8.59. The molecule has 0 saturated carbocycles. The normalized spacial score (nSPS) is 16.8. The summed E-state index contributed by atoms with van der Waals surface area (Å²) in [4.78, 5) is 11.0. The Balaban J connectivity index is 1.80. The molecular weight excluding hydrogens is 286 g/mol. The molecule has 0 spiro atoms. The summed E-state index contributed by atoms with van der Waals surface area (Å²) in [7, 11) is 0. The van der Waals surface area contributed by atoms with Crippen LogP contribution >= 0.6 is 11.8 Å². The average Bonchev–Trinajstić information content (AvgIpc) is 2.91. The summed E-state index contributed by atoms with van der Waals surface area (Å²) in [5.74, 6) is 0.391. The number of unbranched alkanes of at least 4 members (excludes halogenated alkanes) is 1. The molecule has 0 aromatic heterocycles. The molecule has 6 heteroatoms. The number of carbonyl (C=O) groups is 1. The molecule has 112 valence electrons. The van der Waals surface area contributed by atoms with Crippen molar-refractivity contribution >= 4 is 29.1 Å². The van der Waals surface area contributed by atoms with Crippen LogP contribution in [0.1, 0.15) is 30.9 Å². The highest BCUT2D eigenvalue weighted by atomic mass is 32.2. The van der Waals surface area contributed by atoms with Gasteiger partial charge in [0.05, 0.1) is 18.6 Å². The number of rotatable bonds is 7. The summed E-state index contributed by atoms with van der Waals surface area (Å²) in [6.07, 6.45) is 3.91. The zero-order valence-electron chi connectivity index (χ0n) is 12.0. The first-order valence-electron chi connectivity index (χ1n) is 6.98. The van der Waals surface area contributed by atoms with Crippen molar-refractivity contribution < 1.29 is 9.53 Å². The fraction of sp³-hybridized carbons (Fsp3) is 0.400. The maximum atomic E-state index is 11.0. The van der Waals surface area contributed by atoms with Crippen molar-refractivity contribution in [1.29, 1.82) is 0 Å². The summed E-state index contributed by atoms with van der Waals surface area (Å²) in [5, 5.41) is 11.1. The molecule has 1 aromatic carbocycles. The van der Waals surface area contributed by atoms with Gasteiger partial charge in [0.25, 0.3) is 0 Å². The monoisotopic (exact) mass is 305 g/mol. The van der Waals surface area contributed by atoms with E-state index in [1.54, 1.807) is 6.21 Å². The minimum atomic E-state index is -0.0265. The van der Waals surface area contributed by atoms with Crippen LogP contribution in [-0.4, -0.2) is 29.6 Å². The number of benzene rings is 1. The number of hydrogen-bond donors (Lipinski definition) is 1. The Labute approximate surface area is 128 Å². The first kappa shape index (κ1) is 15.7. The molecule has 0 aliphatic carbocycles. The topological polar surface area (TPSA) is 63.1 Å². The van der Waals surface area contributed by atoms with Crippen LogP contribution < -0.4 is 5.32 Å². The predicted molar refractivity (Wildman–Crippen MR) is 86.6 cm³/mol. The Bertz CT molecular complexity index is 526. The quantitative estimate of drug-likeness (QED) is 0.478. The fourth-order valence-corrected chi connectivity index (χ4v) is 2.29. The molecule has 2 rings (SSSR count). The first-order valence-corrected chi connectivity index (χ1v) is 7.97. The van der Waals surface area contributed by atoms with E-state index in [4.69, 9.17) is 4.74 Å². The maximum absolute atomic E-state index is 11.0. The van der Waals surface area contributed by atoms with E-state index < -0.39 is 0 Å². The van der Waals surface area contributed by atoms with E-state index in [-0.39, 0.29) is 5.91 Å². The van der Waals surface area contributed by atoms with E-state index in [2.05, 4.69) is 22.4 Å². The molecule has 21 heavy (non-hydrogen) atoms. The average molecular weight is 305 g/mol. The number of thioether (sulfide) groups is 1. The number of amidine groups is 1. The van der Waals surface area contributed by atoms with Crippen molar-refractivity contribution in [2.45, 2.75) is 26.4 Å². The third-order valence-electron chi connectivity index (χ3n) is 2.83. The van der Waals surface area contributed by atoms with Crippen LogP contribution in [0, 0.1) is 0 Å². The molecule has 0 bridgehead atoms. The maximum Gasteiger partial charge on any atom is 0.236 e. The molecule has 5 nitrogen and oxygen atoms in total. The Morgan fingerprint density at radius 2 is 2.19 bits per heavy atom. The summed E-state index contributed by atoms with van der Waals surface area (Å²) >= 11 is 1.36. The number of nitrogens with zero attached hydrogens (tertiary/aromatic N) is 2. The molecule has 1 amide bonds. The Hall–Kier alpha value is -1.66. The van der Waals surface area contributed by atoms with Gasteiger partial charge in [0.15, 0.2) is 5.17 Å². The van der Waals surface area contributed by atoms with Gasteiger partial charge in [-0.2, -0.15) is 5.10 Å². The third kappa shape index (κ3) is 5.69. The van der Waals surface area contributed by atoms with Gasteiger partial charge in [-0.15, -0.1) is 5.10 Å². The van der Waals surface area contributed by atoms with Gasteiger partial charge in [-0.3, -0.25) is 4.79 Å². The lowest BCUT2D eigenvalue weighted by molar-refractivity contribution is -0.116. The second-order valence-corrected chi connectivity index (χ2v) is 5.60. The standard InChI is InChI=1S/C15H19N3O2S/c1-2-3-8-20-10-13-6-4-12(5-7-13)9-16-18-15-17-14(19)11-21-15/h4-7,9H,2-3,8,10-11H2,1H3,(H,17,18,19). The molecule has 1 fully saturated rings. The van der Waals surface area contributed by atoms with Crippen molar-refractivity contribution in [3.63, 3.8) is 0 Å². The third-order valence-corrected chi connectivity index (χ3v) is 3.70. The highest BCUT2D eigenvalue weighted by Crippen LogP contribution is 2.09. The van der Waals surface area contributed by atoms with Crippen molar-refractivity contribution in [2.24, 2.45) is 10.2 Å². The molecule has 1 aliphatic rings. The Kier molecular flexibility index (Phi) is 6.43. The van der Waals surface area contributed by atoms with Gasteiger partial charge >= 0.3 is 0 Å². The number of carbonyl (C=O) groups excluding carboxylic acids is 1. The smallest absolute Gasteiger partial charge is 0.236 e. The molecule has 1 N–H and O–H groups in total. The highest BCUT2D eigenvalue weighted by molar-refractivity contribution is 8.15. The van der Waals surface area contributed by atoms with Gasteiger partial charge in [-0.05, 0) is 17.5 Å². The van der Waals surface area contributed by atoms with Gasteiger partial charge in [0.1, 0.15) is 0 Å². The van der Waals surface area contributed by atoms with Crippen LogP contribution in [0.15, 0.2) is 34.5 Å². The number of nitrogens with one attached hydrogen (secondary N) is 1. The summed E-state index contributed by atoms with van der Waals surface area (Å²) in [6, 6.07) is 7.99. The first-order chi connectivity index (χ1) is 10.3. The summed E-state index contributed by atoms with van der Waals surface area (Å²) < 4.78 is 5.56. The molecule has 1 aliphatic heterocycles. The van der Waals surface area contributed by atoms with E-state index >= 15 is 0 Å². The van der Waals surface area contributed by atoms with Gasteiger partial charge in [-0.25, -0.2) is 0 Å². The molecule has 1 saturated heterocycles. The van der Waals surface area contributed by atoms with E-state index in [1.807, 2.05) is 24.3 Å². The Morgan fingerprint density at radius 1 is 1.38 bits per heavy atom. The zero-order valence-corrected chi connectivity index (χ0v) is 12.9. The van der Waals surface area contributed by atoms with Crippen LogP contribution in [0.25, 0.3) is 0 Å². The number of hydrogen-bond acceptors (Lipinski definition) is 5. The summed E-state index contributed by atoms with van der Waals surface area (Å²) in [6.45, 7) is 3.60. The minimum Gasteiger partial charge on any atom is -0.377 e. The van der Waals surface area contributed by atoms with Gasteiger partial charge in [0, 0.05) is 6.61 Å². The second-order valence-electron chi connectivity index (χ2n) is 4.63. The largest absolute Gasteiger partial charge is 0.377 e. The van der Waals surface area contributed by atoms with Crippen LogP contribution in [0.3, 0.4) is 0 Å². The molecule has 0 atom stereocenters. The molecule has 1 heterocycles. The number of ether oxygens (including phenoxy) is 1. The van der Waals surface area contributed by atoms with E-state index in [0.29, 0.717) is 17.5 Å². The summed E-state index contributed by atoms with van der Waals surface area (Å²) in [5.41, 5.74) is 2.11. The van der Waals surface area contributed by atoms with Crippen LogP contribution in [0.4, 0.5) is 0 Å². The van der Waals surface area contributed by atoms with Crippen LogP contribution in [0.5, 0.6) is 0 Å². The fourth-order valence-electron chi connectivity index (χ4n) is 1.66. The van der Waals surface area contributed by atoms with Crippen molar-refractivity contribution in [3.05, 3.63) is 35.4 Å². The number of amides is 1. The molecule has 0 unspecified atom stereocenters.